The van der Waals surface area contributed by atoms with Gasteiger partial charge in [0, 0.05) is 35.3 Å². The average molecular weight is 432 g/mol. The molecule has 4 rings (SSSR count). The maximum absolute atomic E-state index is 11.8. The van der Waals surface area contributed by atoms with Crippen molar-refractivity contribution in [1.82, 2.24) is 0 Å². The number of halogens is 1. The third kappa shape index (κ3) is 5.19. The van der Waals surface area contributed by atoms with Crippen LogP contribution < -0.4 is 5.32 Å². The predicted octanol–water partition coefficient (Wildman–Crippen LogP) is 5.13. The molecule has 1 heterocycles. The molecule has 1 N–H and O–H groups in total. The molecule has 0 saturated carbocycles. The van der Waals surface area contributed by atoms with Crippen LogP contribution in [0.2, 0.25) is 5.02 Å². The number of hydrogen-bond acceptors (Lipinski definition) is 4. The fourth-order valence-corrected chi connectivity index (χ4v) is 3.57. The number of aliphatic imine (C=N–C) groups is 2. The minimum atomic E-state index is -0.880. The lowest BCUT2D eigenvalue weighted by Crippen LogP contribution is -2.30. The molecule has 0 bridgehead atoms. The Bertz CT molecular complexity index is 1130. The van der Waals surface area contributed by atoms with E-state index in [0.717, 1.165) is 23.2 Å². The largest absolute Gasteiger partial charge is 0.432 e. The number of carbonyl (C=O) groups is 1. The maximum atomic E-state index is 11.8. The minimum absolute atomic E-state index is 0.428. The van der Waals surface area contributed by atoms with Gasteiger partial charge in [0.15, 0.2) is 5.84 Å². The van der Waals surface area contributed by atoms with E-state index in [-0.39, 0.29) is 0 Å². The van der Waals surface area contributed by atoms with Crippen LogP contribution in [0.25, 0.3) is 0 Å². The number of esters is 1. The van der Waals surface area contributed by atoms with Gasteiger partial charge in [-0.2, -0.15) is 0 Å². The molecule has 1 aliphatic heterocycles. The second-order valence-electron chi connectivity index (χ2n) is 7.12. The summed E-state index contributed by atoms with van der Waals surface area (Å²) < 4.78 is 5.55. The highest BCUT2D eigenvalue weighted by Gasteiger charge is 2.26. The normalized spacial score (nSPS) is 16.6. The van der Waals surface area contributed by atoms with Crippen molar-refractivity contribution in [3.8, 4) is 0 Å². The molecule has 1 unspecified atom stereocenters. The molecular weight excluding hydrogens is 410 g/mol. The van der Waals surface area contributed by atoms with Crippen LogP contribution in [0.1, 0.15) is 23.6 Å². The summed E-state index contributed by atoms with van der Waals surface area (Å²) in [6.07, 6.45) is -0.115. The van der Waals surface area contributed by atoms with Crippen molar-refractivity contribution in [3.63, 3.8) is 0 Å². The fourth-order valence-electron chi connectivity index (χ4n) is 3.40. The molecule has 3 aromatic carbocycles. The quantitative estimate of drug-likeness (QED) is 0.569. The third-order valence-corrected chi connectivity index (χ3v) is 5.07. The van der Waals surface area contributed by atoms with E-state index in [1.807, 2.05) is 66.7 Å². The Morgan fingerprint density at radius 3 is 2.48 bits per heavy atom. The minimum Gasteiger partial charge on any atom is -0.432 e. The molecule has 0 aromatic heterocycles. The van der Waals surface area contributed by atoms with Crippen molar-refractivity contribution >= 4 is 34.8 Å². The zero-order valence-corrected chi connectivity index (χ0v) is 17.8. The van der Waals surface area contributed by atoms with Gasteiger partial charge in [-0.15, -0.1) is 0 Å². The molecule has 6 heteroatoms. The van der Waals surface area contributed by atoms with Gasteiger partial charge in [-0.05, 0) is 30.2 Å². The molecule has 0 fully saturated rings. The summed E-state index contributed by atoms with van der Waals surface area (Å²) in [5.41, 5.74) is 4.40. The van der Waals surface area contributed by atoms with E-state index in [1.165, 1.54) is 12.5 Å². The first-order chi connectivity index (χ1) is 15.1. The molecule has 156 valence electrons. The van der Waals surface area contributed by atoms with Crippen molar-refractivity contribution in [2.75, 3.05) is 11.9 Å². The van der Waals surface area contributed by atoms with Crippen molar-refractivity contribution in [1.29, 1.82) is 0 Å². The van der Waals surface area contributed by atoms with E-state index < -0.39 is 12.2 Å². The highest BCUT2D eigenvalue weighted by molar-refractivity contribution is 6.32. The summed E-state index contributed by atoms with van der Waals surface area (Å²) in [7, 11) is 0. The molecular formula is C25H22ClN3O2. The van der Waals surface area contributed by atoms with Crippen LogP contribution in [-0.4, -0.2) is 30.3 Å². The SMILES string of the molecule is CC(=O)OC1N=C(c2ccccc2)c2cc(Cl)ccc2NC1=NCCc1ccccc1. The molecule has 0 aliphatic carbocycles. The number of fused-ring (bicyclic) bond motifs is 1. The van der Waals surface area contributed by atoms with Gasteiger partial charge in [0.2, 0.25) is 0 Å². The summed E-state index contributed by atoms with van der Waals surface area (Å²) >= 11 is 6.29. The topological polar surface area (TPSA) is 63.0 Å². The number of anilines is 1. The van der Waals surface area contributed by atoms with E-state index in [4.69, 9.17) is 26.3 Å². The number of hydrogen-bond donors (Lipinski definition) is 1. The Morgan fingerprint density at radius 1 is 1.06 bits per heavy atom. The molecule has 0 amide bonds. The molecule has 1 atom stereocenters. The van der Waals surface area contributed by atoms with Crippen LogP contribution >= 0.6 is 11.6 Å². The number of ether oxygens (including phenoxy) is 1. The lowest BCUT2D eigenvalue weighted by Gasteiger charge is -2.15. The van der Waals surface area contributed by atoms with Crippen LogP contribution in [-0.2, 0) is 16.0 Å². The van der Waals surface area contributed by atoms with E-state index in [2.05, 4.69) is 17.4 Å². The lowest BCUT2D eigenvalue weighted by atomic mass is 10.0. The van der Waals surface area contributed by atoms with Gasteiger partial charge in [-0.3, -0.25) is 9.79 Å². The van der Waals surface area contributed by atoms with E-state index >= 15 is 0 Å². The molecule has 0 saturated heterocycles. The van der Waals surface area contributed by atoms with Gasteiger partial charge >= 0.3 is 5.97 Å². The van der Waals surface area contributed by atoms with E-state index in [1.54, 1.807) is 0 Å². The number of benzene rings is 3. The lowest BCUT2D eigenvalue weighted by molar-refractivity contribution is -0.142. The average Bonchev–Trinajstić information content (AvgIpc) is 2.92. The van der Waals surface area contributed by atoms with Crippen LogP contribution in [0, 0.1) is 0 Å². The highest BCUT2D eigenvalue weighted by Crippen LogP contribution is 2.28. The zero-order chi connectivity index (χ0) is 21.6. The standard InChI is InChI=1S/C25H22ClN3O2/c1-17(30)31-25-24(27-15-14-18-8-4-2-5-9-18)28-22-13-12-20(26)16-21(22)23(29-25)19-10-6-3-7-11-19/h2-13,16,25H,14-15H2,1H3,(H,27,28). The van der Waals surface area contributed by atoms with Gasteiger partial charge in [-0.1, -0.05) is 72.3 Å². The van der Waals surface area contributed by atoms with Crippen LogP contribution in [0.3, 0.4) is 0 Å². The number of carbonyl (C=O) groups excluding carboxylic acids is 1. The number of amidine groups is 1. The van der Waals surface area contributed by atoms with Gasteiger partial charge in [0.25, 0.3) is 6.23 Å². The first-order valence-corrected chi connectivity index (χ1v) is 10.4. The van der Waals surface area contributed by atoms with Crippen LogP contribution in [0.15, 0.2) is 88.8 Å². The summed E-state index contributed by atoms with van der Waals surface area (Å²) in [6, 6.07) is 25.4. The molecule has 3 aromatic rings. The van der Waals surface area contributed by atoms with Crippen molar-refractivity contribution < 1.29 is 9.53 Å². The van der Waals surface area contributed by atoms with Crippen LogP contribution in [0.5, 0.6) is 0 Å². The fraction of sp³-hybridized carbons (Fsp3) is 0.160. The highest BCUT2D eigenvalue weighted by atomic mass is 35.5. The monoisotopic (exact) mass is 431 g/mol. The number of nitrogens with one attached hydrogen (secondary N) is 1. The number of benzodiazepines with no additional fused rings is 1. The molecule has 0 spiro atoms. The third-order valence-electron chi connectivity index (χ3n) is 4.83. The van der Waals surface area contributed by atoms with Gasteiger partial charge in [0.1, 0.15) is 0 Å². The van der Waals surface area contributed by atoms with E-state index in [9.17, 15) is 4.79 Å². The number of nitrogens with zero attached hydrogens (tertiary/aromatic N) is 2. The van der Waals surface area contributed by atoms with Gasteiger partial charge in [0.05, 0.1) is 5.71 Å². The predicted molar refractivity (Wildman–Crippen MR) is 125 cm³/mol. The summed E-state index contributed by atoms with van der Waals surface area (Å²) in [6.45, 7) is 1.90. The first kappa shape index (κ1) is 20.8. The van der Waals surface area contributed by atoms with Crippen molar-refractivity contribution in [2.24, 2.45) is 9.98 Å². The second kappa shape index (κ2) is 9.58. The van der Waals surface area contributed by atoms with Gasteiger partial charge < -0.3 is 10.1 Å². The van der Waals surface area contributed by atoms with E-state index in [0.29, 0.717) is 23.1 Å². The number of rotatable bonds is 5. The Labute approximate surface area is 186 Å². The Hall–Kier alpha value is -3.44. The Kier molecular flexibility index (Phi) is 6.43. The van der Waals surface area contributed by atoms with Crippen LogP contribution in [0.4, 0.5) is 5.69 Å². The summed E-state index contributed by atoms with van der Waals surface area (Å²) in [5, 5.41) is 3.92. The summed E-state index contributed by atoms with van der Waals surface area (Å²) in [4.78, 5) is 21.3. The molecule has 5 nitrogen and oxygen atoms in total. The van der Waals surface area contributed by atoms with Crippen molar-refractivity contribution in [3.05, 3.63) is 101 Å². The second-order valence-corrected chi connectivity index (χ2v) is 7.56. The first-order valence-electron chi connectivity index (χ1n) is 10.1. The maximum Gasteiger partial charge on any atom is 0.304 e. The summed E-state index contributed by atoms with van der Waals surface area (Å²) in [5.74, 6) is 0.0587. The van der Waals surface area contributed by atoms with Crippen molar-refractivity contribution in [2.45, 2.75) is 19.6 Å². The Morgan fingerprint density at radius 2 is 1.77 bits per heavy atom. The molecule has 0 radical (unpaired) electrons. The molecule has 31 heavy (non-hydrogen) atoms. The molecule has 1 aliphatic rings. The Balaban J connectivity index is 1.75. The zero-order valence-electron chi connectivity index (χ0n) is 17.1. The smallest absolute Gasteiger partial charge is 0.304 e. The van der Waals surface area contributed by atoms with Gasteiger partial charge in [-0.25, -0.2) is 4.99 Å².